The number of aromatic nitrogens is 2. The van der Waals surface area contributed by atoms with Gasteiger partial charge >= 0.3 is 0 Å². The summed E-state index contributed by atoms with van der Waals surface area (Å²) in [6, 6.07) is 13.9. The predicted octanol–water partition coefficient (Wildman–Crippen LogP) is 3.66. The van der Waals surface area contributed by atoms with Crippen molar-refractivity contribution in [2.75, 3.05) is 0 Å². The minimum Gasteiger partial charge on any atom is -0.345 e. The Labute approximate surface area is 141 Å². The molecule has 1 atom stereocenters. The van der Waals surface area contributed by atoms with Gasteiger partial charge in [0.15, 0.2) is 0 Å². The Balaban J connectivity index is 1.61. The lowest BCUT2D eigenvalue weighted by Crippen LogP contribution is -2.27. The van der Waals surface area contributed by atoms with E-state index in [1.807, 2.05) is 38.1 Å². The van der Waals surface area contributed by atoms with E-state index in [0.29, 0.717) is 5.56 Å². The van der Waals surface area contributed by atoms with Crippen LogP contribution in [0.3, 0.4) is 0 Å². The van der Waals surface area contributed by atoms with E-state index in [1.54, 1.807) is 0 Å². The van der Waals surface area contributed by atoms with Crippen LogP contribution in [0.25, 0.3) is 11.0 Å². The van der Waals surface area contributed by atoms with Crippen molar-refractivity contribution in [2.45, 2.75) is 32.7 Å². The first kappa shape index (κ1) is 14.8. The van der Waals surface area contributed by atoms with E-state index in [9.17, 15) is 4.79 Å². The first-order chi connectivity index (χ1) is 11.6. The van der Waals surface area contributed by atoms with E-state index in [2.05, 4.69) is 33.5 Å². The normalized spacial score (nSPS) is 16.2. The Kier molecular flexibility index (Phi) is 3.53. The summed E-state index contributed by atoms with van der Waals surface area (Å²) in [6.07, 6.45) is 1.97. The summed E-state index contributed by atoms with van der Waals surface area (Å²) in [6.45, 7) is 3.88. The van der Waals surface area contributed by atoms with Crippen molar-refractivity contribution >= 4 is 16.9 Å². The van der Waals surface area contributed by atoms with Gasteiger partial charge in [-0.3, -0.25) is 4.79 Å². The fraction of sp³-hybridized carbons (Fsp3) is 0.250. The highest BCUT2D eigenvalue weighted by Gasteiger charge is 2.23. The second-order valence-corrected chi connectivity index (χ2v) is 6.36. The van der Waals surface area contributed by atoms with Gasteiger partial charge in [0.1, 0.15) is 0 Å². The molecule has 120 valence electrons. The zero-order valence-electron chi connectivity index (χ0n) is 13.8. The van der Waals surface area contributed by atoms with Gasteiger partial charge in [-0.05, 0) is 56.0 Å². The van der Waals surface area contributed by atoms with Gasteiger partial charge < -0.3 is 5.32 Å². The smallest absolute Gasteiger partial charge is 0.251 e. The van der Waals surface area contributed by atoms with E-state index in [4.69, 9.17) is 0 Å². The van der Waals surface area contributed by atoms with Crippen LogP contribution >= 0.6 is 0 Å². The van der Waals surface area contributed by atoms with Crippen LogP contribution < -0.4 is 5.32 Å². The molecular weight excluding hydrogens is 298 g/mol. The lowest BCUT2D eigenvalue weighted by molar-refractivity contribution is 0.0937. The molecule has 2 aromatic carbocycles. The average molecular weight is 317 g/mol. The van der Waals surface area contributed by atoms with Gasteiger partial charge in [-0.1, -0.05) is 24.3 Å². The van der Waals surface area contributed by atoms with Gasteiger partial charge in [0.05, 0.1) is 28.5 Å². The molecule has 1 amide bonds. The zero-order chi connectivity index (χ0) is 16.7. The maximum Gasteiger partial charge on any atom is 0.251 e. The highest BCUT2D eigenvalue weighted by atomic mass is 16.1. The quantitative estimate of drug-likeness (QED) is 0.784. The largest absolute Gasteiger partial charge is 0.345 e. The molecule has 1 aromatic heterocycles. The molecule has 1 heterocycles. The zero-order valence-corrected chi connectivity index (χ0v) is 13.8. The Morgan fingerprint density at radius 3 is 2.62 bits per heavy atom. The van der Waals surface area contributed by atoms with Crippen molar-refractivity contribution in [3.05, 3.63) is 70.5 Å². The van der Waals surface area contributed by atoms with E-state index in [-0.39, 0.29) is 11.9 Å². The third kappa shape index (κ3) is 2.54. The molecule has 1 N–H and O–H groups in total. The van der Waals surface area contributed by atoms with Crippen LogP contribution in [0.15, 0.2) is 42.5 Å². The van der Waals surface area contributed by atoms with Crippen molar-refractivity contribution in [3.63, 3.8) is 0 Å². The lowest BCUT2D eigenvalue weighted by atomic mass is 10.1. The first-order valence-corrected chi connectivity index (χ1v) is 8.25. The molecule has 1 unspecified atom stereocenters. The molecule has 3 aromatic rings. The van der Waals surface area contributed by atoms with E-state index in [1.165, 1.54) is 11.1 Å². The first-order valence-electron chi connectivity index (χ1n) is 8.25. The van der Waals surface area contributed by atoms with E-state index < -0.39 is 0 Å². The number of rotatable bonds is 2. The van der Waals surface area contributed by atoms with Crippen molar-refractivity contribution < 1.29 is 4.79 Å². The molecule has 0 saturated heterocycles. The van der Waals surface area contributed by atoms with Crippen LogP contribution in [0.5, 0.6) is 0 Å². The van der Waals surface area contributed by atoms with Crippen LogP contribution in [0.4, 0.5) is 0 Å². The number of hydrogen-bond donors (Lipinski definition) is 1. The van der Waals surface area contributed by atoms with Gasteiger partial charge in [-0.25, -0.2) is 9.97 Å². The van der Waals surface area contributed by atoms with Crippen LogP contribution in [0.2, 0.25) is 0 Å². The fourth-order valence-electron chi connectivity index (χ4n) is 3.32. The third-order valence-electron chi connectivity index (χ3n) is 4.78. The molecule has 0 radical (unpaired) electrons. The van der Waals surface area contributed by atoms with E-state index in [0.717, 1.165) is 35.3 Å². The summed E-state index contributed by atoms with van der Waals surface area (Å²) >= 11 is 0. The second kappa shape index (κ2) is 5.71. The van der Waals surface area contributed by atoms with Crippen LogP contribution in [0, 0.1) is 13.8 Å². The fourth-order valence-corrected chi connectivity index (χ4v) is 3.32. The van der Waals surface area contributed by atoms with E-state index >= 15 is 0 Å². The second-order valence-electron chi connectivity index (χ2n) is 6.36. The third-order valence-corrected chi connectivity index (χ3v) is 4.78. The molecule has 0 fully saturated rings. The topological polar surface area (TPSA) is 54.9 Å². The number of carbonyl (C=O) groups excluding carboxylic acids is 1. The number of nitrogens with one attached hydrogen (secondary N) is 1. The van der Waals surface area contributed by atoms with Crippen LogP contribution in [0.1, 0.15) is 45.3 Å². The summed E-state index contributed by atoms with van der Waals surface area (Å²) < 4.78 is 0. The molecule has 4 nitrogen and oxygen atoms in total. The Hall–Kier alpha value is -2.75. The SMILES string of the molecule is Cc1nc2ccc(C(=O)NC3CCc4ccccc43)cc2nc1C. The van der Waals surface area contributed by atoms with Crippen molar-refractivity contribution in [1.29, 1.82) is 0 Å². The molecule has 1 aliphatic rings. The van der Waals surface area contributed by atoms with Gasteiger partial charge in [-0.2, -0.15) is 0 Å². The molecule has 4 rings (SSSR count). The number of amides is 1. The van der Waals surface area contributed by atoms with Gasteiger partial charge in [0.2, 0.25) is 0 Å². The summed E-state index contributed by atoms with van der Waals surface area (Å²) in [5.74, 6) is -0.0568. The maximum absolute atomic E-state index is 12.6. The van der Waals surface area contributed by atoms with Crippen LogP contribution in [-0.4, -0.2) is 15.9 Å². The lowest BCUT2D eigenvalue weighted by Gasteiger charge is -2.14. The molecular formula is C20H19N3O. The summed E-state index contributed by atoms with van der Waals surface area (Å²) in [4.78, 5) is 21.7. The molecule has 0 spiro atoms. The number of fused-ring (bicyclic) bond motifs is 2. The number of aryl methyl sites for hydroxylation is 3. The van der Waals surface area contributed by atoms with Crippen molar-refractivity contribution in [1.82, 2.24) is 15.3 Å². The highest BCUT2D eigenvalue weighted by Crippen LogP contribution is 2.31. The predicted molar refractivity (Wildman–Crippen MR) is 94.0 cm³/mol. The average Bonchev–Trinajstić information content (AvgIpc) is 2.99. The summed E-state index contributed by atoms with van der Waals surface area (Å²) in [5.41, 5.74) is 6.59. The minimum absolute atomic E-state index is 0.0568. The monoisotopic (exact) mass is 317 g/mol. The highest BCUT2D eigenvalue weighted by molar-refractivity contribution is 5.97. The molecule has 0 aliphatic heterocycles. The minimum atomic E-state index is -0.0568. The number of carbonyl (C=O) groups is 1. The molecule has 0 bridgehead atoms. The van der Waals surface area contributed by atoms with Crippen molar-refractivity contribution in [2.24, 2.45) is 0 Å². The van der Waals surface area contributed by atoms with Gasteiger partial charge in [0, 0.05) is 5.56 Å². The standard InChI is InChI=1S/C20H19N3O/c1-12-13(2)22-19-11-15(8-10-18(19)21-12)20(24)23-17-9-7-14-5-3-4-6-16(14)17/h3-6,8,10-11,17H,7,9H2,1-2H3,(H,23,24). The molecule has 1 aliphatic carbocycles. The van der Waals surface area contributed by atoms with Gasteiger partial charge in [-0.15, -0.1) is 0 Å². The molecule has 0 saturated carbocycles. The Bertz CT molecular complexity index is 949. The summed E-state index contributed by atoms with van der Waals surface area (Å²) in [7, 11) is 0. The Morgan fingerprint density at radius 1 is 1.04 bits per heavy atom. The number of hydrogen-bond acceptors (Lipinski definition) is 3. The maximum atomic E-state index is 12.6. The molecule has 4 heteroatoms. The van der Waals surface area contributed by atoms with Crippen molar-refractivity contribution in [3.8, 4) is 0 Å². The van der Waals surface area contributed by atoms with Crippen LogP contribution in [-0.2, 0) is 6.42 Å². The summed E-state index contributed by atoms with van der Waals surface area (Å²) in [5, 5.41) is 3.15. The van der Waals surface area contributed by atoms with Gasteiger partial charge in [0.25, 0.3) is 5.91 Å². The number of nitrogens with zero attached hydrogens (tertiary/aromatic N) is 2. The Morgan fingerprint density at radius 2 is 1.79 bits per heavy atom. The molecule has 24 heavy (non-hydrogen) atoms. The number of benzene rings is 2.